The largest absolute Gasteiger partial charge is 0.486 e. The van der Waals surface area contributed by atoms with Crippen molar-refractivity contribution < 1.29 is 19.4 Å². The van der Waals surface area contributed by atoms with Gasteiger partial charge in [0.15, 0.2) is 0 Å². The van der Waals surface area contributed by atoms with Gasteiger partial charge in [0.05, 0.1) is 17.8 Å². The van der Waals surface area contributed by atoms with Crippen molar-refractivity contribution in [2.24, 2.45) is 5.92 Å². The van der Waals surface area contributed by atoms with Crippen molar-refractivity contribution >= 4 is 11.7 Å². The summed E-state index contributed by atoms with van der Waals surface area (Å²) in [5.74, 6) is 0.557. The van der Waals surface area contributed by atoms with Crippen molar-refractivity contribution in [3.8, 4) is 5.75 Å². The summed E-state index contributed by atoms with van der Waals surface area (Å²) in [6.45, 7) is 2.40. The quantitative estimate of drug-likeness (QED) is 0.816. The van der Waals surface area contributed by atoms with Gasteiger partial charge in [-0.2, -0.15) is 0 Å². The van der Waals surface area contributed by atoms with Crippen molar-refractivity contribution in [3.05, 3.63) is 23.8 Å². The minimum atomic E-state index is -0.904. The molecule has 0 spiro atoms. The Morgan fingerprint density at radius 2 is 2.29 bits per heavy atom. The van der Waals surface area contributed by atoms with Crippen LogP contribution in [0.1, 0.15) is 29.6 Å². The van der Waals surface area contributed by atoms with E-state index in [2.05, 4.69) is 4.90 Å². The van der Waals surface area contributed by atoms with Crippen molar-refractivity contribution in [3.63, 3.8) is 0 Å². The van der Waals surface area contributed by atoms with Gasteiger partial charge in [-0.25, -0.2) is 4.79 Å². The number of fused-ring (bicyclic) bond motifs is 1. The van der Waals surface area contributed by atoms with Crippen molar-refractivity contribution in [2.75, 3.05) is 31.7 Å². The zero-order valence-electron chi connectivity index (χ0n) is 12.2. The Bertz CT molecular complexity index is 527. The molecule has 3 rings (SSSR count). The Labute approximate surface area is 124 Å². The van der Waals surface area contributed by atoms with E-state index in [0.29, 0.717) is 18.1 Å². The number of carboxylic acid groups (broad SMARTS) is 1. The molecule has 21 heavy (non-hydrogen) atoms. The topological polar surface area (TPSA) is 59.0 Å². The number of ether oxygens (including phenoxy) is 2. The SMILES string of the molecule is COCCCN1CC(C2CC2)Oc2ccc(C(=O)O)cc21. The maximum atomic E-state index is 11.2. The number of methoxy groups -OCH3 is 1. The highest BCUT2D eigenvalue weighted by molar-refractivity contribution is 5.89. The molecular weight excluding hydrogens is 270 g/mol. The second kappa shape index (κ2) is 5.93. The molecule has 0 saturated heterocycles. The van der Waals surface area contributed by atoms with Crippen LogP contribution in [0.15, 0.2) is 18.2 Å². The number of carboxylic acids is 1. The van der Waals surface area contributed by atoms with Crippen LogP contribution in [0, 0.1) is 5.92 Å². The number of hydrogen-bond donors (Lipinski definition) is 1. The molecule has 5 heteroatoms. The van der Waals surface area contributed by atoms with Crippen LogP contribution in [0.5, 0.6) is 5.75 Å². The maximum absolute atomic E-state index is 11.2. The summed E-state index contributed by atoms with van der Waals surface area (Å²) in [5, 5.41) is 9.16. The number of anilines is 1. The minimum Gasteiger partial charge on any atom is -0.486 e. The molecule has 2 aliphatic rings. The van der Waals surface area contributed by atoms with E-state index in [1.165, 1.54) is 12.8 Å². The predicted molar refractivity (Wildman–Crippen MR) is 79.2 cm³/mol. The lowest BCUT2D eigenvalue weighted by Gasteiger charge is -2.36. The number of nitrogens with zero attached hydrogens (tertiary/aromatic N) is 1. The second-order valence-corrected chi connectivity index (χ2v) is 5.77. The minimum absolute atomic E-state index is 0.232. The van der Waals surface area contributed by atoms with Gasteiger partial charge in [-0.3, -0.25) is 0 Å². The summed E-state index contributed by atoms with van der Waals surface area (Å²) in [5.41, 5.74) is 1.20. The summed E-state index contributed by atoms with van der Waals surface area (Å²) >= 11 is 0. The van der Waals surface area contributed by atoms with E-state index in [9.17, 15) is 4.79 Å². The smallest absolute Gasteiger partial charge is 0.335 e. The van der Waals surface area contributed by atoms with E-state index >= 15 is 0 Å². The van der Waals surface area contributed by atoms with E-state index in [0.717, 1.165) is 30.9 Å². The lowest BCUT2D eigenvalue weighted by Crippen LogP contribution is -2.42. The highest BCUT2D eigenvalue weighted by Gasteiger charge is 2.37. The highest BCUT2D eigenvalue weighted by atomic mass is 16.5. The molecule has 1 aromatic rings. The third-order valence-corrected chi connectivity index (χ3v) is 4.15. The zero-order chi connectivity index (χ0) is 14.8. The van der Waals surface area contributed by atoms with Crippen molar-refractivity contribution in [1.29, 1.82) is 0 Å². The molecule has 0 amide bonds. The zero-order valence-corrected chi connectivity index (χ0v) is 12.2. The molecular formula is C16H21NO4. The molecule has 1 saturated carbocycles. The fourth-order valence-corrected chi connectivity index (χ4v) is 2.84. The number of benzene rings is 1. The van der Waals surface area contributed by atoms with E-state index in [-0.39, 0.29) is 6.10 Å². The average molecular weight is 291 g/mol. The fraction of sp³-hybridized carbons (Fsp3) is 0.562. The van der Waals surface area contributed by atoms with E-state index in [4.69, 9.17) is 14.6 Å². The molecule has 0 bridgehead atoms. The van der Waals surface area contributed by atoms with Crippen LogP contribution in [0.25, 0.3) is 0 Å². The Morgan fingerprint density at radius 1 is 1.48 bits per heavy atom. The van der Waals surface area contributed by atoms with Gasteiger partial charge in [-0.05, 0) is 43.4 Å². The summed E-state index contributed by atoms with van der Waals surface area (Å²) in [6.07, 6.45) is 3.62. The van der Waals surface area contributed by atoms with Crippen LogP contribution in [0.2, 0.25) is 0 Å². The summed E-state index contributed by atoms with van der Waals surface area (Å²) in [7, 11) is 1.70. The Kier molecular flexibility index (Phi) is 4.01. The van der Waals surface area contributed by atoms with Gasteiger partial charge >= 0.3 is 5.97 Å². The standard InChI is InChI=1S/C16H21NO4/c1-20-8-2-7-17-10-15(11-3-4-11)21-14-6-5-12(16(18)19)9-13(14)17/h5-6,9,11,15H,2-4,7-8,10H2,1H3,(H,18,19). The predicted octanol–water partition coefficient (Wildman–Crippen LogP) is 2.40. The van der Waals surface area contributed by atoms with Gasteiger partial charge in [0.25, 0.3) is 0 Å². The van der Waals surface area contributed by atoms with Gasteiger partial charge in [-0.15, -0.1) is 0 Å². The molecule has 1 fully saturated rings. The number of hydrogen-bond acceptors (Lipinski definition) is 4. The molecule has 1 heterocycles. The maximum Gasteiger partial charge on any atom is 0.335 e. The number of rotatable bonds is 6. The van der Waals surface area contributed by atoms with E-state index in [1.807, 2.05) is 0 Å². The molecule has 0 aromatic heterocycles. The third kappa shape index (κ3) is 3.13. The fourth-order valence-electron chi connectivity index (χ4n) is 2.84. The Morgan fingerprint density at radius 3 is 2.95 bits per heavy atom. The molecule has 1 atom stereocenters. The van der Waals surface area contributed by atoms with Crippen LogP contribution in [0.3, 0.4) is 0 Å². The van der Waals surface area contributed by atoms with Crippen molar-refractivity contribution in [1.82, 2.24) is 0 Å². The summed E-state index contributed by atoms with van der Waals surface area (Å²) < 4.78 is 11.2. The molecule has 1 aromatic carbocycles. The molecule has 0 radical (unpaired) electrons. The van der Waals surface area contributed by atoms with E-state index in [1.54, 1.807) is 25.3 Å². The van der Waals surface area contributed by atoms with Crippen LogP contribution in [0.4, 0.5) is 5.69 Å². The summed E-state index contributed by atoms with van der Waals surface area (Å²) in [4.78, 5) is 13.4. The molecule has 5 nitrogen and oxygen atoms in total. The third-order valence-electron chi connectivity index (χ3n) is 4.15. The molecule has 1 aliphatic carbocycles. The number of aromatic carboxylic acids is 1. The first-order valence-electron chi connectivity index (χ1n) is 7.47. The van der Waals surface area contributed by atoms with Gasteiger partial charge in [0.1, 0.15) is 11.9 Å². The Hall–Kier alpha value is -1.75. The first kappa shape index (κ1) is 14.2. The number of carbonyl (C=O) groups is 1. The van der Waals surface area contributed by atoms with Crippen LogP contribution in [-0.2, 0) is 4.74 Å². The van der Waals surface area contributed by atoms with Gasteiger partial charge < -0.3 is 19.5 Å². The first-order valence-corrected chi connectivity index (χ1v) is 7.47. The molecule has 114 valence electrons. The summed E-state index contributed by atoms with van der Waals surface area (Å²) in [6, 6.07) is 5.12. The molecule has 1 unspecified atom stereocenters. The monoisotopic (exact) mass is 291 g/mol. The van der Waals surface area contributed by atoms with E-state index < -0.39 is 5.97 Å². The lowest BCUT2D eigenvalue weighted by atomic mass is 10.1. The Balaban J connectivity index is 1.83. The van der Waals surface area contributed by atoms with Crippen LogP contribution >= 0.6 is 0 Å². The second-order valence-electron chi connectivity index (χ2n) is 5.77. The molecule has 1 N–H and O–H groups in total. The van der Waals surface area contributed by atoms with Gasteiger partial charge in [-0.1, -0.05) is 0 Å². The van der Waals surface area contributed by atoms with Crippen molar-refractivity contribution in [2.45, 2.75) is 25.4 Å². The van der Waals surface area contributed by atoms with Crippen LogP contribution < -0.4 is 9.64 Å². The van der Waals surface area contributed by atoms with Crippen LogP contribution in [-0.4, -0.2) is 44.0 Å². The molecule has 1 aliphatic heterocycles. The highest BCUT2D eigenvalue weighted by Crippen LogP contribution is 2.42. The normalized spacial score (nSPS) is 20.8. The van der Waals surface area contributed by atoms with Gasteiger partial charge in [0.2, 0.25) is 0 Å². The van der Waals surface area contributed by atoms with Gasteiger partial charge in [0, 0.05) is 20.3 Å². The first-order chi connectivity index (χ1) is 10.2. The average Bonchev–Trinajstić information content (AvgIpc) is 3.31. The lowest BCUT2D eigenvalue weighted by molar-refractivity contribution is 0.0696.